The third-order valence-corrected chi connectivity index (χ3v) is 25.2. The monoisotopic (exact) mass is 1270 g/mol. The van der Waals surface area contributed by atoms with Crippen molar-refractivity contribution < 1.29 is 0 Å². The Labute approximate surface area is 582 Å². The number of anilines is 6. The van der Waals surface area contributed by atoms with Crippen molar-refractivity contribution in [1.29, 1.82) is 0 Å². The van der Waals surface area contributed by atoms with E-state index in [-0.39, 0.29) is 10.8 Å². The van der Waals surface area contributed by atoms with E-state index in [1.807, 2.05) is 0 Å². The highest BCUT2D eigenvalue weighted by molar-refractivity contribution is 6.28. The van der Waals surface area contributed by atoms with Crippen LogP contribution in [-0.4, -0.2) is 0 Å². The second-order valence-electron chi connectivity index (χ2n) is 30.4. The molecule has 0 bridgehead atoms. The van der Waals surface area contributed by atoms with E-state index in [4.69, 9.17) is 0 Å². The molecule has 4 aliphatic carbocycles. The average molecular weight is 1270 g/mol. The number of rotatable bonds is 7. The van der Waals surface area contributed by atoms with Crippen molar-refractivity contribution in [3.05, 3.63) is 348 Å². The Hall–Kier alpha value is -11.8. The van der Waals surface area contributed by atoms with E-state index >= 15 is 0 Å². The first-order valence-corrected chi connectivity index (χ1v) is 35.6. The van der Waals surface area contributed by atoms with Crippen molar-refractivity contribution in [3.8, 4) is 44.5 Å². The zero-order valence-electron chi connectivity index (χ0n) is 56.8. The average Bonchev–Trinajstić information content (AvgIpc) is 1.48. The lowest BCUT2D eigenvalue weighted by molar-refractivity contribution is 0.376. The predicted octanol–water partition coefficient (Wildman–Crippen LogP) is 26.6. The van der Waals surface area contributed by atoms with Crippen LogP contribution in [0.2, 0.25) is 0 Å². The molecule has 18 aromatic rings. The smallest absolute Gasteiger partial charge is 0.0543 e. The minimum atomic E-state index is -0.671. The molecule has 0 heterocycles. The van der Waals surface area contributed by atoms with Crippen LogP contribution in [0.4, 0.5) is 34.1 Å². The summed E-state index contributed by atoms with van der Waals surface area (Å²) in [7, 11) is 0. The second kappa shape index (κ2) is 19.5. The summed E-state index contributed by atoms with van der Waals surface area (Å²) in [5.74, 6) is 0. The first-order chi connectivity index (χ1) is 48.9. The quantitative estimate of drug-likeness (QED) is 0.147. The van der Waals surface area contributed by atoms with Gasteiger partial charge in [-0.05, 0) is 202 Å². The van der Waals surface area contributed by atoms with Gasteiger partial charge in [0.1, 0.15) is 0 Å². The summed E-state index contributed by atoms with van der Waals surface area (Å²) >= 11 is 0. The highest BCUT2D eigenvalue weighted by Gasteiger charge is 2.59. The largest absolute Gasteiger partial charge is 0.309 e. The molecule has 0 aliphatic heterocycles. The number of hydrogen-bond acceptors (Lipinski definition) is 2. The lowest BCUT2D eigenvalue weighted by Gasteiger charge is -2.46. The van der Waals surface area contributed by atoms with Crippen molar-refractivity contribution >= 4 is 120 Å². The third-order valence-electron chi connectivity index (χ3n) is 25.2. The molecule has 22 rings (SSSR count). The Morgan fingerprint density at radius 1 is 0.200 bits per heavy atom. The molecule has 0 amide bonds. The van der Waals surface area contributed by atoms with Crippen molar-refractivity contribution in [2.24, 2.45) is 0 Å². The first-order valence-electron chi connectivity index (χ1n) is 35.6. The summed E-state index contributed by atoms with van der Waals surface area (Å²) in [6.45, 7) is 14.9. The van der Waals surface area contributed by atoms with Gasteiger partial charge in [0.15, 0.2) is 0 Å². The van der Waals surface area contributed by atoms with Crippen molar-refractivity contribution in [2.75, 3.05) is 9.80 Å². The van der Waals surface area contributed by atoms with Gasteiger partial charge in [0.2, 0.25) is 0 Å². The molecule has 0 fully saturated rings. The molecule has 0 radical (unpaired) electrons. The Bertz CT molecular complexity index is 6220. The van der Waals surface area contributed by atoms with E-state index in [9.17, 15) is 0 Å². The minimum absolute atomic E-state index is 0.226. The van der Waals surface area contributed by atoms with Crippen molar-refractivity contribution in [2.45, 2.75) is 63.2 Å². The number of nitrogens with zero attached hydrogens (tertiary/aromatic N) is 2. The van der Waals surface area contributed by atoms with Gasteiger partial charge in [0.25, 0.3) is 0 Å². The Morgan fingerprint density at radius 2 is 0.520 bits per heavy atom. The molecule has 0 aromatic heterocycles. The van der Waals surface area contributed by atoms with Gasteiger partial charge in [-0.3, -0.25) is 0 Å². The SMILES string of the molecule is CC1(C)c2ccccc2-c2ccc(N(c3cc4c(c5ccccc35)-c3ccccc3C4(C)C3(C)c4ccccc4-c4c3cc(N(c3ccc5c(c3)C(C)(C)c3ccccc3-5)c3ccc5ccc6cccc7ccc3c5c67)c3ccccc43)c3ccc4ccc5cccc6ccc3c4c56)cc21. The molecule has 470 valence electrons. The van der Waals surface area contributed by atoms with Gasteiger partial charge in [-0.25, -0.2) is 0 Å². The fourth-order valence-electron chi connectivity index (χ4n) is 20.4. The van der Waals surface area contributed by atoms with Gasteiger partial charge < -0.3 is 9.80 Å². The molecule has 100 heavy (non-hydrogen) atoms. The first kappa shape index (κ1) is 56.2. The summed E-state index contributed by atoms with van der Waals surface area (Å²) in [4.78, 5) is 5.32. The maximum atomic E-state index is 2.66. The van der Waals surface area contributed by atoms with Crippen molar-refractivity contribution in [1.82, 2.24) is 0 Å². The second-order valence-corrected chi connectivity index (χ2v) is 30.4. The molecule has 0 spiro atoms. The minimum Gasteiger partial charge on any atom is -0.309 e. The zero-order valence-corrected chi connectivity index (χ0v) is 56.8. The van der Waals surface area contributed by atoms with E-state index in [1.165, 1.54) is 175 Å². The summed E-state index contributed by atoms with van der Waals surface area (Å²) in [6.07, 6.45) is 0. The summed E-state index contributed by atoms with van der Waals surface area (Å²) < 4.78 is 0. The van der Waals surface area contributed by atoms with E-state index < -0.39 is 10.8 Å². The van der Waals surface area contributed by atoms with E-state index in [0.29, 0.717) is 0 Å². The zero-order chi connectivity index (χ0) is 66.4. The Kier molecular flexibility index (Phi) is 11.0. The molecule has 0 saturated heterocycles. The highest BCUT2D eigenvalue weighted by Crippen LogP contribution is 2.69. The molecule has 2 unspecified atom stereocenters. The van der Waals surface area contributed by atoms with Gasteiger partial charge in [-0.2, -0.15) is 0 Å². The van der Waals surface area contributed by atoms with Gasteiger partial charge in [0.05, 0.1) is 22.7 Å². The van der Waals surface area contributed by atoms with Crippen LogP contribution >= 0.6 is 0 Å². The summed E-state index contributed by atoms with van der Waals surface area (Å²) in [5.41, 5.74) is 26.3. The van der Waals surface area contributed by atoms with Crippen LogP contribution < -0.4 is 9.80 Å². The molecule has 4 aliphatic rings. The van der Waals surface area contributed by atoms with Gasteiger partial charge in [-0.15, -0.1) is 0 Å². The molecule has 2 heteroatoms. The summed E-state index contributed by atoms with van der Waals surface area (Å²) in [6, 6.07) is 118. The van der Waals surface area contributed by atoms with E-state index in [0.717, 1.165) is 34.1 Å². The maximum Gasteiger partial charge on any atom is 0.0543 e. The van der Waals surface area contributed by atoms with Gasteiger partial charge >= 0.3 is 0 Å². The van der Waals surface area contributed by atoms with Gasteiger partial charge in [-0.1, -0.05) is 296 Å². The van der Waals surface area contributed by atoms with Crippen LogP contribution in [0.1, 0.15) is 86.1 Å². The Morgan fingerprint density at radius 3 is 0.930 bits per heavy atom. The van der Waals surface area contributed by atoms with Gasteiger partial charge in [0, 0.05) is 54.6 Å². The number of hydrogen-bond donors (Lipinski definition) is 0. The van der Waals surface area contributed by atoms with Crippen LogP contribution in [0.5, 0.6) is 0 Å². The molecule has 18 aromatic carbocycles. The molecule has 0 N–H and O–H groups in total. The van der Waals surface area contributed by atoms with E-state index in [2.05, 4.69) is 355 Å². The summed E-state index contributed by atoms with van der Waals surface area (Å²) in [5, 5.41) is 20.1. The third kappa shape index (κ3) is 6.98. The molecule has 2 nitrogen and oxygen atoms in total. The molecular formula is C98H68N2. The highest BCUT2D eigenvalue weighted by atomic mass is 15.2. The molecule has 0 saturated carbocycles. The fraction of sp³-hybridized carbons (Fsp3) is 0.102. The predicted molar refractivity (Wildman–Crippen MR) is 424 cm³/mol. The molecule has 2 atom stereocenters. The van der Waals surface area contributed by atoms with E-state index in [1.54, 1.807) is 0 Å². The van der Waals surface area contributed by atoms with Crippen LogP contribution in [0.15, 0.2) is 303 Å². The normalized spacial score (nSPS) is 17.1. The van der Waals surface area contributed by atoms with Crippen LogP contribution in [0.3, 0.4) is 0 Å². The lowest BCUT2D eigenvalue weighted by Crippen LogP contribution is -2.44. The van der Waals surface area contributed by atoms with Crippen LogP contribution in [0, 0.1) is 0 Å². The number of fused-ring (bicyclic) bond motifs is 16. The topological polar surface area (TPSA) is 6.48 Å². The van der Waals surface area contributed by atoms with Crippen molar-refractivity contribution in [3.63, 3.8) is 0 Å². The van der Waals surface area contributed by atoms with Crippen LogP contribution in [-0.2, 0) is 21.7 Å². The fourth-order valence-corrected chi connectivity index (χ4v) is 20.4. The maximum absolute atomic E-state index is 2.66. The molecular weight excluding hydrogens is 1210 g/mol. The van der Waals surface area contributed by atoms with Crippen LogP contribution in [0.25, 0.3) is 131 Å². The standard InChI is InChI=1S/C98H68N2/c1-95(2)77-33-15-11-25-65(77)67-49-45-63(53-81(67)95)99(85-51-43-61-39-37-57-21-19-23-59-41-47-75(85)91(61)89(57)59)87-55-83-93(71-29-9-7-27-69(71)87)73-31-13-17-35-79(73)97(83,5)98(6)80-36-18-14-32-74(80)94-72-30-10-8-28-70(72)88(56-84(94)98)100(64-46-50-68-66-26-12-16-34-78(66)96(3,4)82(68)54-64)86-52-44-62-40-38-58-22-20-24-60-42-48-76(86)92(62)90(58)60/h7-56H,1-6H3. The Balaban J connectivity index is 0.836. The lowest BCUT2D eigenvalue weighted by atomic mass is 9.56. The number of benzene rings is 18.